The van der Waals surface area contributed by atoms with Crippen molar-refractivity contribution >= 4 is 10.9 Å². The van der Waals surface area contributed by atoms with Crippen molar-refractivity contribution in [3.8, 4) is 0 Å². The van der Waals surface area contributed by atoms with Crippen LogP contribution >= 0.6 is 0 Å². The second-order valence-corrected chi connectivity index (χ2v) is 7.71. The summed E-state index contributed by atoms with van der Waals surface area (Å²) in [5.41, 5.74) is 4.04. The second kappa shape index (κ2) is 4.66. The molecule has 2 aromatic heterocycles. The van der Waals surface area contributed by atoms with Crippen LogP contribution in [0.5, 0.6) is 0 Å². The Kier molecular flexibility index (Phi) is 3.46. The van der Waals surface area contributed by atoms with Gasteiger partial charge in [0.1, 0.15) is 0 Å². The van der Waals surface area contributed by atoms with E-state index in [4.69, 9.17) is 4.98 Å². The molecule has 104 valence electrons. The summed E-state index contributed by atoms with van der Waals surface area (Å²) in [6.07, 6.45) is 4.20. The van der Waals surface area contributed by atoms with Crippen molar-refractivity contribution in [2.45, 2.75) is 59.8 Å². The van der Waals surface area contributed by atoms with Crippen molar-refractivity contribution in [2.75, 3.05) is 0 Å². The van der Waals surface area contributed by atoms with E-state index in [1.165, 1.54) is 22.3 Å². The molecule has 19 heavy (non-hydrogen) atoms. The fourth-order valence-corrected chi connectivity index (χ4v) is 2.19. The van der Waals surface area contributed by atoms with Gasteiger partial charge in [0.15, 0.2) is 0 Å². The molecule has 0 fully saturated rings. The lowest BCUT2D eigenvalue weighted by molar-refractivity contribution is 0.376. The Morgan fingerprint density at radius 1 is 1.11 bits per heavy atom. The van der Waals surface area contributed by atoms with Crippen LogP contribution < -0.4 is 0 Å². The van der Waals surface area contributed by atoms with Crippen molar-refractivity contribution < 1.29 is 0 Å². The zero-order chi connectivity index (χ0) is 14.3. The Hall–Kier alpha value is -1.31. The third-order valence-corrected chi connectivity index (χ3v) is 3.50. The van der Waals surface area contributed by atoms with E-state index in [1.54, 1.807) is 0 Å². The van der Waals surface area contributed by atoms with Gasteiger partial charge in [-0.05, 0) is 30.4 Å². The highest BCUT2D eigenvalue weighted by Crippen LogP contribution is 2.28. The summed E-state index contributed by atoms with van der Waals surface area (Å²) < 4.78 is 0. The fraction of sp³-hybridized carbons (Fsp3) is 0.588. The predicted octanol–water partition coefficient (Wildman–Crippen LogP) is 4.84. The average Bonchev–Trinajstić information content (AvgIpc) is 2.71. The van der Waals surface area contributed by atoms with Crippen LogP contribution in [0.15, 0.2) is 18.3 Å². The lowest BCUT2D eigenvalue weighted by Crippen LogP contribution is -2.15. The van der Waals surface area contributed by atoms with Crippen molar-refractivity contribution in [3.63, 3.8) is 0 Å². The Labute approximate surface area is 116 Å². The van der Waals surface area contributed by atoms with Crippen LogP contribution in [-0.2, 0) is 11.8 Å². The van der Waals surface area contributed by atoms with Gasteiger partial charge in [-0.3, -0.25) is 4.98 Å². The third kappa shape index (κ3) is 3.37. The standard InChI is InChI=1S/C17H26N2/c1-16(2,3)9-7-13-15-12(8-10-18-15)11-14(19-13)17(4,5)6/h8,10-11,18H,7,9H2,1-6H3. The van der Waals surface area contributed by atoms with Gasteiger partial charge in [0.05, 0.1) is 11.2 Å². The summed E-state index contributed by atoms with van der Waals surface area (Å²) in [6.45, 7) is 13.5. The van der Waals surface area contributed by atoms with Crippen LogP contribution in [0.25, 0.3) is 10.9 Å². The maximum Gasteiger partial charge on any atom is 0.0673 e. The number of nitrogens with one attached hydrogen (secondary N) is 1. The number of pyridine rings is 1. The molecule has 2 nitrogen and oxygen atoms in total. The molecule has 2 heteroatoms. The van der Waals surface area contributed by atoms with Crippen molar-refractivity contribution in [1.82, 2.24) is 9.97 Å². The van der Waals surface area contributed by atoms with Gasteiger partial charge >= 0.3 is 0 Å². The maximum atomic E-state index is 4.92. The molecule has 0 saturated carbocycles. The van der Waals surface area contributed by atoms with Crippen LogP contribution in [0, 0.1) is 5.41 Å². The molecule has 2 rings (SSSR count). The minimum absolute atomic E-state index is 0.0991. The fourth-order valence-electron chi connectivity index (χ4n) is 2.19. The molecule has 0 radical (unpaired) electrons. The Bertz CT molecular complexity index is 565. The summed E-state index contributed by atoms with van der Waals surface area (Å²) >= 11 is 0. The van der Waals surface area contributed by atoms with E-state index >= 15 is 0 Å². The molecule has 2 aromatic rings. The van der Waals surface area contributed by atoms with Crippen LogP contribution in [-0.4, -0.2) is 9.97 Å². The van der Waals surface area contributed by atoms with Gasteiger partial charge in [0.2, 0.25) is 0 Å². The molecule has 0 bridgehead atoms. The lowest BCUT2D eigenvalue weighted by Gasteiger charge is -2.21. The monoisotopic (exact) mass is 258 g/mol. The Morgan fingerprint density at radius 2 is 1.79 bits per heavy atom. The largest absolute Gasteiger partial charge is 0.360 e. The first-order chi connectivity index (χ1) is 8.67. The molecule has 2 heterocycles. The number of rotatable bonds is 2. The smallest absolute Gasteiger partial charge is 0.0673 e. The van der Waals surface area contributed by atoms with E-state index in [0.717, 1.165) is 12.8 Å². The molecule has 0 unspecified atom stereocenters. The molecule has 0 atom stereocenters. The van der Waals surface area contributed by atoms with E-state index in [0.29, 0.717) is 5.41 Å². The molecule has 0 aliphatic rings. The number of hydrogen-bond donors (Lipinski definition) is 1. The third-order valence-electron chi connectivity index (χ3n) is 3.50. The normalized spacial score (nSPS) is 13.2. The van der Waals surface area contributed by atoms with E-state index in [1.807, 2.05) is 6.20 Å². The lowest BCUT2D eigenvalue weighted by atomic mass is 9.88. The van der Waals surface area contributed by atoms with E-state index in [9.17, 15) is 0 Å². The minimum Gasteiger partial charge on any atom is -0.360 e. The van der Waals surface area contributed by atoms with Gasteiger partial charge in [0, 0.05) is 22.7 Å². The Morgan fingerprint density at radius 3 is 2.37 bits per heavy atom. The predicted molar refractivity (Wildman–Crippen MR) is 82.6 cm³/mol. The van der Waals surface area contributed by atoms with Crippen molar-refractivity contribution in [1.29, 1.82) is 0 Å². The number of nitrogens with zero attached hydrogens (tertiary/aromatic N) is 1. The maximum absolute atomic E-state index is 4.92. The number of hydrogen-bond acceptors (Lipinski definition) is 1. The molecule has 0 amide bonds. The first kappa shape index (κ1) is 14.1. The molecule has 0 aliphatic carbocycles. The number of H-pyrrole nitrogens is 1. The van der Waals surface area contributed by atoms with Gasteiger partial charge in [0.25, 0.3) is 0 Å². The van der Waals surface area contributed by atoms with Crippen molar-refractivity contribution in [3.05, 3.63) is 29.7 Å². The first-order valence-electron chi connectivity index (χ1n) is 7.14. The molecular weight excluding hydrogens is 232 g/mol. The topological polar surface area (TPSA) is 28.7 Å². The Balaban J connectivity index is 2.43. The number of aromatic nitrogens is 2. The average molecular weight is 258 g/mol. The number of aryl methyl sites for hydroxylation is 1. The zero-order valence-electron chi connectivity index (χ0n) is 13.1. The van der Waals surface area contributed by atoms with Crippen LogP contribution in [0.4, 0.5) is 0 Å². The summed E-state index contributed by atoms with van der Waals surface area (Å²) in [5.74, 6) is 0. The zero-order valence-corrected chi connectivity index (χ0v) is 13.1. The van der Waals surface area contributed by atoms with Crippen LogP contribution in [0.3, 0.4) is 0 Å². The highest BCUT2D eigenvalue weighted by Gasteiger charge is 2.19. The van der Waals surface area contributed by atoms with Crippen LogP contribution in [0.2, 0.25) is 0 Å². The molecule has 0 saturated heterocycles. The molecule has 0 aromatic carbocycles. The molecular formula is C17H26N2. The summed E-state index contributed by atoms with van der Waals surface area (Å²) in [7, 11) is 0. The molecule has 1 N–H and O–H groups in total. The first-order valence-corrected chi connectivity index (χ1v) is 7.14. The van der Waals surface area contributed by atoms with E-state index < -0.39 is 0 Å². The van der Waals surface area contributed by atoms with E-state index in [-0.39, 0.29) is 5.41 Å². The van der Waals surface area contributed by atoms with Gasteiger partial charge in [-0.15, -0.1) is 0 Å². The highest BCUT2D eigenvalue weighted by molar-refractivity contribution is 5.82. The van der Waals surface area contributed by atoms with Gasteiger partial charge in [-0.25, -0.2) is 0 Å². The van der Waals surface area contributed by atoms with Gasteiger partial charge < -0.3 is 4.98 Å². The second-order valence-electron chi connectivity index (χ2n) is 7.71. The van der Waals surface area contributed by atoms with Gasteiger partial charge in [-0.1, -0.05) is 41.5 Å². The van der Waals surface area contributed by atoms with Crippen molar-refractivity contribution in [2.24, 2.45) is 5.41 Å². The van der Waals surface area contributed by atoms with Gasteiger partial charge in [-0.2, -0.15) is 0 Å². The minimum atomic E-state index is 0.0991. The summed E-state index contributed by atoms with van der Waals surface area (Å²) in [6, 6.07) is 4.36. The highest BCUT2D eigenvalue weighted by atomic mass is 14.8. The summed E-state index contributed by atoms with van der Waals surface area (Å²) in [4.78, 5) is 8.26. The quantitative estimate of drug-likeness (QED) is 0.820. The number of aromatic amines is 1. The number of fused-ring (bicyclic) bond motifs is 1. The summed E-state index contributed by atoms with van der Waals surface area (Å²) in [5, 5.41) is 1.28. The van der Waals surface area contributed by atoms with Crippen LogP contribution in [0.1, 0.15) is 59.4 Å². The molecule has 0 spiro atoms. The molecule has 0 aliphatic heterocycles. The SMILES string of the molecule is CC(C)(C)CCc1nc(C(C)(C)C)cc2cc[nH]c12. The van der Waals surface area contributed by atoms with E-state index in [2.05, 4.69) is 58.7 Å².